The number of hydrogen-bond donors (Lipinski definition) is 0. The van der Waals surface area contributed by atoms with E-state index in [0.717, 1.165) is 0 Å². The van der Waals surface area contributed by atoms with Gasteiger partial charge < -0.3 is 9.47 Å². The van der Waals surface area contributed by atoms with Crippen LogP contribution in [0.2, 0.25) is 0 Å². The van der Waals surface area contributed by atoms with Gasteiger partial charge in [-0.2, -0.15) is 0 Å². The molecule has 0 aromatic rings. The molecule has 0 unspecified atom stereocenters. The molecule has 0 aromatic heterocycles. The Morgan fingerprint density at radius 3 is 1.78 bits per heavy atom. The summed E-state index contributed by atoms with van der Waals surface area (Å²) in [4.78, 5) is 10.3. The summed E-state index contributed by atoms with van der Waals surface area (Å²) in [6.45, 7) is 1.39. The zero-order chi connectivity index (χ0) is 7.49. The third-order valence-corrected chi connectivity index (χ3v) is 1.19. The molecule has 4 nitrogen and oxygen atoms in total. The average molecular weight is 132 g/mol. The Morgan fingerprint density at radius 1 is 1.44 bits per heavy atom. The molecule has 1 N–H and O–H groups in total. The zero-order valence-corrected chi connectivity index (χ0v) is 5.72. The Kier molecular flexibility index (Phi) is 2.61. The average Bonchev–Trinajstić information content (AvgIpc) is 1.86. The topological polar surface area (TPSA) is 59.3 Å². The minimum absolute atomic E-state index is 0.882. The van der Waals surface area contributed by atoms with Gasteiger partial charge in [-0.3, -0.25) is 10.5 Å². The van der Waals surface area contributed by atoms with Crippen LogP contribution in [0.15, 0.2) is 0 Å². The van der Waals surface area contributed by atoms with Crippen molar-refractivity contribution in [3.05, 3.63) is 0 Å². The Hall–Kier alpha value is -0.610. The monoisotopic (exact) mass is 132 g/mol. The maximum atomic E-state index is 10.3. The maximum Gasteiger partial charge on any atom is 0.298 e. The van der Waals surface area contributed by atoms with Gasteiger partial charge in [0.15, 0.2) is 0 Å². The van der Waals surface area contributed by atoms with E-state index in [1.165, 1.54) is 21.1 Å². The zero-order valence-electron chi connectivity index (χ0n) is 5.72. The summed E-state index contributed by atoms with van der Waals surface area (Å²) in [6.07, 6.45) is 0. The maximum absolute atomic E-state index is 10.3. The van der Waals surface area contributed by atoms with Gasteiger partial charge in [0.05, 0.1) is 0 Å². The van der Waals surface area contributed by atoms with Gasteiger partial charge in [0, 0.05) is 14.2 Å². The van der Waals surface area contributed by atoms with Crippen LogP contribution in [0.5, 0.6) is 0 Å². The van der Waals surface area contributed by atoms with Gasteiger partial charge >= 0.3 is 0 Å². The lowest BCUT2D eigenvalue weighted by Crippen LogP contribution is -2.39. The molecule has 0 fully saturated rings. The number of hydrogen-bond acceptors (Lipinski definition) is 3. The number of methoxy groups -OCH3 is 2. The largest absolute Gasteiger partial charge is 0.346 e. The molecule has 0 spiro atoms. The normalized spacial score (nSPS) is 11.4. The lowest BCUT2D eigenvalue weighted by atomic mass is 10.3. The van der Waals surface area contributed by atoms with Crippen LogP contribution in [-0.4, -0.2) is 25.9 Å². The van der Waals surface area contributed by atoms with Crippen molar-refractivity contribution in [2.45, 2.75) is 12.7 Å². The molecule has 0 bridgehead atoms. The fourth-order valence-corrected chi connectivity index (χ4v) is 0.269. The Labute approximate surface area is 53.9 Å². The Balaban J connectivity index is 4.09. The predicted octanol–water partition coefficient (Wildman–Crippen LogP) is -0.195. The highest BCUT2D eigenvalue weighted by atomic mass is 16.7. The van der Waals surface area contributed by atoms with E-state index in [-0.39, 0.29) is 0 Å². The van der Waals surface area contributed by atoms with Gasteiger partial charge in [0.2, 0.25) is 5.79 Å². The van der Waals surface area contributed by atoms with E-state index in [9.17, 15) is 4.79 Å². The van der Waals surface area contributed by atoms with Crippen molar-refractivity contribution in [2.75, 3.05) is 14.2 Å². The smallest absolute Gasteiger partial charge is 0.298 e. The van der Waals surface area contributed by atoms with E-state index < -0.39 is 11.7 Å². The van der Waals surface area contributed by atoms with Gasteiger partial charge in [-0.15, -0.1) is 0 Å². The summed E-state index contributed by atoms with van der Waals surface area (Å²) in [5.74, 6) is -2.27. The molecule has 0 aromatic carbocycles. The minimum Gasteiger partial charge on any atom is -0.346 e. The van der Waals surface area contributed by atoms with E-state index in [1.54, 1.807) is 0 Å². The molecule has 0 saturated heterocycles. The second-order valence-electron chi connectivity index (χ2n) is 1.68. The highest BCUT2D eigenvalue weighted by Crippen LogP contribution is 2.07. The molecule has 0 aliphatic carbocycles. The van der Waals surface area contributed by atoms with Gasteiger partial charge in [-0.1, -0.05) is 0 Å². The van der Waals surface area contributed by atoms with Gasteiger partial charge in [0.1, 0.15) is 0 Å². The summed E-state index contributed by atoms with van der Waals surface area (Å²) in [7, 11) is 2.63. The standard InChI is InChI=1S/C5H10NO3/c1-5(8-2,9-3)4(6)7/h6H,1-3H3. The van der Waals surface area contributed by atoms with Crippen LogP contribution in [0.25, 0.3) is 0 Å². The van der Waals surface area contributed by atoms with Crippen molar-refractivity contribution in [2.24, 2.45) is 0 Å². The molecule has 0 aliphatic rings. The third kappa shape index (κ3) is 1.65. The second-order valence-corrected chi connectivity index (χ2v) is 1.68. The van der Waals surface area contributed by atoms with Gasteiger partial charge in [0.25, 0.3) is 5.91 Å². The number of amides is 1. The second kappa shape index (κ2) is 2.80. The first kappa shape index (κ1) is 8.39. The van der Waals surface area contributed by atoms with Gasteiger partial charge in [-0.25, -0.2) is 0 Å². The number of nitrogens with one attached hydrogen (secondary N) is 1. The van der Waals surface area contributed by atoms with Crippen molar-refractivity contribution < 1.29 is 14.3 Å². The van der Waals surface area contributed by atoms with Crippen LogP contribution in [0.3, 0.4) is 0 Å². The molecule has 1 amide bonds. The summed E-state index contributed by atoms with van der Waals surface area (Å²) >= 11 is 0. The summed E-state index contributed by atoms with van der Waals surface area (Å²) in [5, 5.41) is 0. The van der Waals surface area contributed by atoms with E-state index in [0.29, 0.717) is 0 Å². The van der Waals surface area contributed by atoms with Crippen LogP contribution >= 0.6 is 0 Å². The van der Waals surface area contributed by atoms with Crippen LogP contribution in [0, 0.1) is 0 Å². The van der Waals surface area contributed by atoms with Crippen LogP contribution in [0.4, 0.5) is 0 Å². The predicted molar refractivity (Wildman–Crippen MR) is 30.5 cm³/mol. The lowest BCUT2D eigenvalue weighted by molar-refractivity contribution is -0.198. The first-order valence-electron chi connectivity index (χ1n) is 2.43. The van der Waals surface area contributed by atoms with Crippen LogP contribution in [-0.2, 0) is 14.3 Å². The summed E-state index contributed by atoms with van der Waals surface area (Å²) < 4.78 is 9.18. The van der Waals surface area contributed by atoms with Gasteiger partial charge in [-0.05, 0) is 6.92 Å². The van der Waals surface area contributed by atoms with E-state index in [2.05, 4.69) is 9.47 Å². The van der Waals surface area contributed by atoms with Crippen molar-refractivity contribution in [3.63, 3.8) is 0 Å². The van der Waals surface area contributed by atoms with Crippen molar-refractivity contribution >= 4 is 5.91 Å². The highest BCUT2D eigenvalue weighted by Gasteiger charge is 2.30. The molecule has 53 valence electrons. The number of carbonyl (C=O) groups excluding carboxylic acids is 1. The van der Waals surface area contributed by atoms with E-state index >= 15 is 0 Å². The lowest BCUT2D eigenvalue weighted by Gasteiger charge is -2.20. The number of rotatable bonds is 3. The fraction of sp³-hybridized carbons (Fsp3) is 0.800. The molecule has 0 atom stereocenters. The fourth-order valence-electron chi connectivity index (χ4n) is 0.269. The highest BCUT2D eigenvalue weighted by molar-refractivity contribution is 5.80. The first-order chi connectivity index (χ1) is 4.06. The molecular formula is C5H10NO3. The van der Waals surface area contributed by atoms with Crippen molar-refractivity contribution in [1.29, 1.82) is 0 Å². The third-order valence-electron chi connectivity index (χ3n) is 1.19. The molecular weight excluding hydrogens is 122 g/mol. The van der Waals surface area contributed by atoms with Crippen LogP contribution < -0.4 is 5.73 Å². The molecule has 0 rings (SSSR count). The minimum atomic E-state index is -1.39. The Bertz CT molecular complexity index is 109. The van der Waals surface area contributed by atoms with E-state index in [1.807, 2.05) is 0 Å². The van der Waals surface area contributed by atoms with Crippen molar-refractivity contribution in [1.82, 2.24) is 5.73 Å². The Morgan fingerprint density at radius 2 is 1.78 bits per heavy atom. The quantitative estimate of drug-likeness (QED) is 0.500. The number of carbonyl (C=O) groups is 1. The SMILES string of the molecule is COC(C)(OC)C([NH])=O. The van der Waals surface area contributed by atoms with Crippen LogP contribution in [0.1, 0.15) is 6.92 Å². The summed E-state index contributed by atoms with van der Waals surface area (Å²) in [5.41, 5.74) is 6.64. The molecule has 0 saturated carbocycles. The summed E-state index contributed by atoms with van der Waals surface area (Å²) in [6, 6.07) is 0. The molecule has 0 aliphatic heterocycles. The molecule has 0 heterocycles. The van der Waals surface area contributed by atoms with E-state index in [4.69, 9.17) is 5.73 Å². The number of ether oxygens (including phenoxy) is 2. The van der Waals surface area contributed by atoms with Crippen molar-refractivity contribution in [3.8, 4) is 0 Å². The molecule has 1 radical (unpaired) electrons. The molecule has 4 heteroatoms. The first-order valence-corrected chi connectivity index (χ1v) is 2.43. The molecule has 9 heavy (non-hydrogen) atoms.